The van der Waals surface area contributed by atoms with Crippen LogP contribution in [0, 0.1) is 5.92 Å². The van der Waals surface area contributed by atoms with Crippen LogP contribution in [0.15, 0.2) is 47.3 Å². The van der Waals surface area contributed by atoms with E-state index in [0.29, 0.717) is 41.2 Å². The maximum atomic E-state index is 12.9. The summed E-state index contributed by atoms with van der Waals surface area (Å²) in [5.74, 6) is 2.04. The van der Waals surface area contributed by atoms with Gasteiger partial charge in [-0.1, -0.05) is 18.2 Å². The Morgan fingerprint density at radius 2 is 1.90 bits per heavy atom. The lowest BCUT2D eigenvalue weighted by Gasteiger charge is -2.22. The average molecular weight is 407 g/mol. The first-order valence-corrected chi connectivity index (χ1v) is 10.1. The number of methoxy groups -OCH3 is 2. The van der Waals surface area contributed by atoms with Crippen LogP contribution in [0.5, 0.6) is 11.5 Å². The lowest BCUT2D eigenvalue weighted by molar-refractivity contribution is -0.133. The maximum absolute atomic E-state index is 12.9. The molecular weight excluding hydrogens is 382 g/mol. The normalized spacial score (nSPS) is 13.3. The summed E-state index contributed by atoms with van der Waals surface area (Å²) in [6.45, 7) is 0.810. The van der Waals surface area contributed by atoms with Crippen molar-refractivity contribution in [1.29, 1.82) is 0 Å². The molecule has 7 heteroatoms. The van der Waals surface area contributed by atoms with Crippen LogP contribution >= 0.6 is 0 Å². The van der Waals surface area contributed by atoms with E-state index in [-0.39, 0.29) is 23.9 Å². The van der Waals surface area contributed by atoms with Gasteiger partial charge in [-0.3, -0.25) is 9.59 Å². The number of H-pyrrole nitrogens is 1. The molecule has 4 rings (SSSR count). The average Bonchev–Trinajstić information content (AvgIpc) is 3.61. The van der Waals surface area contributed by atoms with Crippen molar-refractivity contribution in [3.63, 3.8) is 0 Å². The third-order valence-electron chi connectivity index (χ3n) is 5.36. The second kappa shape index (κ2) is 8.57. The van der Waals surface area contributed by atoms with E-state index >= 15 is 0 Å². The smallest absolute Gasteiger partial charge is 0.258 e. The third kappa shape index (κ3) is 4.30. The van der Waals surface area contributed by atoms with E-state index in [0.717, 1.165) is 18.4 Å². The Morgan fingerprint density at radius 3 is 2.63 bits per heavy atom. The molecule has 1 amide bonds. The highest BCUT2D eigenvalue weighted by Crippen LogP contribution is 2.32. The number of fused-ring (bicyclic) bond motifs is 1. The van der Waals surface area contributed by atoms with Crippen LogP contribution in [-0.4, -0.2) is 41.5 Å². The molecule has 3 aromatic rings. The molecule has 1 N–H and O–H groups in total. The predicted molar refractivity (Wildman–Crippen MR) is 114 cm³/mol. The van der Waals surface area contributed by atoms with E-state index in [2.05, 4.69) is 9.97 Å². The zero-order valence-electron chi connectivity index (χ0n) is 17.2. The second-order valence-electron chi connectivity index (χ2n) is 7.50. The highest BCUT2D eigenvalue weighted by molar-refractivity contribution is 5.81. The topological polar surface area (TPSA) is 84.5 Å². The molecule has 30 heavy (non-hydrogen) atoms. The monoisotopic (exact) mass is 407 g/mol. The third-order valence-corrected chi connectivity index (χ3v) is 5.36. The number of amides is 1. The molecule has 0 aliphatic heterocycles. The number of benzene rings is 2. The standard InChI is InChI=1S/C23H25N3O4/c1-29-19-10-7-15(13-20(19)30-2)11-12-26(23(28)16-8-9-16)14-21-24-18-6-4-3-5-17(18)22(27)25-21/h3-7,10,13,16H,8-9,11-12,14H2,1-2H3,(H,24,25,27). The lowest BCUT2D eigenvalue weighted by Crippen LogP contribution is -2.35. The number of aromatic amines is 1. The Labute approximate surface area is 174 Å². The van der Waals surface area contributed by atoms with E-state index in [9.17, 15) is 9.59 Å². The Hall–Kier alpha value is -3.35. The van der Waals surface area contributed by atoms with Gasteiger partial charge >= 0.3 is 0 Å². The molecule has 7 nitrogen and oxygen atoms in total. The van der Waals surface area contributed by atoms with Crippen molar-refractivity contribution in [2.24, 2.45) is 5.92 Å². The van der Waals surface area contributed by atoms with Crippen LogP contribution in [-0.2, 0) is 17.8 Å². The number of rotatable bonds is 8. The molecule has 1 aliphatic rings. The van der Waals surface area contributed by atoms with Gasteiger partial charge in [0.05, 0.1) is 31.7 Å². The number of carbonyl (C=O) groups is 1. The van der Waals surface area contributed by atoms with Gasteiger partial charge in [0.25, 0.3) is 5.56 Å². The summed E-state index contributed by atoms with van der Waals surface area (Å²) in [6, 6.07) is 13.0. The fourth-order valence-corrected chi connectivity index (χ4v) is 3.55. The molecule has 2 aromatic carbocycles. The lowest BCUT2D eigenvalue weighted by atomic mass is 10.1. The molecule has 0 spiro atoms. The highest BCUT2D eigenvalue weighted by atomic mass is 16.5. The van der Waals surface area contributed by atoms with E-state index < -0.39 is 0 Å². The van der Waals surface area contributed by atoms with E-state index in [1.54, 1.807) is 25.2 Å². The summed E-state index contributed by atoms with van der Waals surface area (Å²) in [5.41, 5.74) is 1.49. The Bertz CT molecular complexity index is 1120. The van der Waals surface area contributed by atoms with Gasteiger partial charge in [-0.2, -0.15) is 0 Å². The molecule has 0 bridgehead atoms. The van der Waals surface area contributed by atoms with Crippen LogP contribution in [0.1, 0.15) is 24.2 Å². The zero-order chi connectivity index (χ0) is 21.1. The first-order chi connectivity index (χ1) is 14.6. The van der Waals surface area contributed by atoms with Crippen LogP contribution in [0.2, 0.25) is 0 Å². The number of hydrogen-bond acceptors (Lipinski definition) is 5. The molecular formula is C23H25N3O4. The van der Waals surface area contributed by atoms with Gasteiger partial charge in [0.1, 0.15) is 5.82 Å². The highest BCUT2D eigenvalue weighted by Gasteiger charge is 2.33. The first-order valence-electron chi connectivity index (χ1n) is 10.1. The molecule has 0 saturated heterocycles. The predicted octanol–water partition coefficient (Wildman–Crippen LogP) is 2.92. The Morgan fingerprint density at radius 1 is 1.13 bits per heavy atom. The number of nitrogens with zero attached hydrogens (tertiary/aromatic N) is 2. The summed E-state index contributed by atoms with van der Waals surface area (Å²) in [5, 5.41) is 0.548. The van der Waals surface area contributed by atoms with E-state index in [1.165, 1.54) is 0 Å². The minimum Gasteiger partial charge on any atom is -0.493 e. The SMILES string of the molecule is COc1ccc(CCN(Cc2nc3ccccc3c(=O)[nH]2)C(=O)C2CC2)cc1OC. The molecule has 0 unspecified atom stereocenters. The molecule has 0 atom stereocenters. The van der Waals surface area contributed by atoms with Crippen molar-refractivity contribution in [2.75, 3.05) is 20.8 Å². The van der Waals surface area contributed by atoms with Crippen molar-refractivity contribution in [3.05, 3.63) is 64.2 Å². The van der Waals surface area contributed by atoms with Crippen LogP contribution in [0.3, 0.4) is 0 Å². The summed E-state index contributed by atoms with van der Waals surface area (Å²) in [6.07, 6.45) is 2.51. The van der Waals surface area contributed by atoms with Crippen molar-refractivity contribution in [2.45, 2.75) is 25.8 Å². The summed E-state index contributed by atoms with van der Waals surface area (Å²) < 4.78 is 10.7. The Kier molecular flexibility index (Phi) is 5.70. The van der Waals surface area contributed by atoms with Gasteiger partial charge in [0, 0.05) is 12.5 Å². The fourth-order valence-electron chi connectivity index (χ4n) is 3.55. The van der Waals surface area contributed by atoms with Gasteiger partial charge < -0.3 is 19.4 Å². The van der Waals surface area contributed by atoms with Gasteiger partial charge in [0.15, 0.2) is 11.5 Å². The van der Waals surface area contributed by atoms with Crippen molar-refractivity contribution >= 4 is 16.8 Å². The van der Waals surface area contributed by atoms with Crippen molar-refractivity contribution in [3.8, 4) is 11.5 Å². The number of carbonyl (C=O) groups excluding carboxylic acids is 1. The van der Waals surface area contributed by atoms with Gasteiger partial charge in [-0.15, -0.1) is 0 Å². The number of para-hydroxylation sites is 1. The van der Waals surface area contributed by atoms with Crippen LogP contribution < -0.4 is 15.0 Å². The quantitative estimate of drug-likeness (QED) is 0.621. The van der Waals surface area contributed by atoms with Crippen molar-refractivity contribution < 1.29 is 14.3 Å². The van der Waals surface area contributed by atoms with Crippen LogP contribution in [0.25, 0.3) is 10.9 Å². The minimum absolute atomic E-state index is 0.0857. The Balaban J connectivity index is 1.54. The molecule has 1 fully saturated rings. The summed E-state index contributed by atoms with van der Waals surface area (Å²) in [4.78, 5) is 34.4. The fraction of sp³-hybridized carbons (Fsp3) is 0.348. The minimum atomic E-state index is -0.186. The van der Waals surface area contributed by atoms with Gasteiger partial charge in [0.2, 0.25) is 5.91 Å². The van der Waals surface area contributed by atoms with E-state index in [4.69, 9.17) is 9.47 Å². The molecule has 1 aliphatic carbocycles. The summed E-state index contributed by atoms with van der Waals surface area (Å²) >= 11 is 0. The van der Waals surface area contributed by atoms with E-state index in [1.807, 2.05) is 36.4 Å². The maximum Gasteiger partial charge on any atom is 0.258 e. The van der Waals surface area contributed by atoms with Gasteiger partial charge in [-0.25, -0.2) is 4.98 Å². The van der Waals surface area contributed by atoms with Crippen LogP contribution in [0.4, 0.5) is 0 Å². The summed E-state index contributed by atoms with van der Waals surface area (Å²) in [7, 11) is 3.21. The molecule has 1 heterocycles. The number of nitrogens with one attached hydrogen (secondary N) is 1. The van der Waals surface area contributed by atoms with Crippen molar-refractivity contribution in [1.82, 2.24) is 14.9 Å². The number of hydrogen-bond donors (Lipinski definition) is 1. The molecule has 0 radical (unpaired) electrons. The molecule has 1 aromatic heterocycles. The largest absolute Gasteiger partial charge is 0.493 e. The number of aromatic nitrogens is 2. The number of ether oxygens (including phenoxy) is 2. The molecule has 1 saturated carbocycles. The first kappa shape index (κ1) is 19.9. The second-order valence-corrected chi connectivity index (χ2v) is 7.50. The zero-order valence-corrected chi connectivity index (χ0v) is 17.2. The van der Waals surface area contributed by atoms with Gasteiger partial charge in [-0.05, 0) is 49.1 Å². The molecule has 156 valence electrons.